The maximum atomic E-state index is 12.2. The number of benzene rings is 2. The number of ether oxygens (including phenoxy) is 1. The van der Waals surface area contributed by atoms with E-state index in [1.807, 2.05) is 6.07 Å². The van der Waals surface area contributed by atoms with Crippen LogP contribution in [-0.2, 0) is 0 Å². The van der Waals surface area contributed by atoms with Gasteiger partial charge in [0, 0.05) is 6.20 Å². The zero-order chi connectivity index (χ0) is 15.8. The van der Waals surface area contributed by atoms with E-state index >= 15 is 0 Å². The van der Waals surface area contributed by atoms with Crippen molar-refractivity contribution >= 4 is 11.7 Å². The third-order valence-corrected chi connectivity index (χ3v) is 2.71. The third kappa shape index (κ3) is 3.72. The van der Waals surface area contributed by atoms with Gasteiger partial charge in [0.2, 0.25) is 0 Å². The lowest BCUT2D eigenvalue weighted by Crippen LogP contribution is -2.10. The van der Waals surface area contributed by atoms with Crippen LogP contribution in [0.15, 0.2) is 66.4 Å². The fourth-order valence-corrected chi connectivity index (χ4v) is 1.68. The monoisotopic (exact) mass is 289 g/mol. The van der Waals surface area contributed by atoms with Crippen LogP contribution in [0.4, 0.5) is 5.69 Å². The highest BCUT2D eigenvalue weighted by atomic mass is 16.5. The quantitative estimate of drug-likeness (QED) is 0.530. The van der Waals surface area contributed by atoms with Crippen molar-refractivity contribution in [3.8, 4) is 17.9 Å². The molecule has 0 heterocycles. The molecule has 0 bridgehead atoms. The lowest BCUT2D eigenvalue weighted by atomic mass is 10.2. The number of rotatable bonds is 4. The molecule has 5 nitrogen and oxygen atoms in total. The van der Waals surface area contributed by atoms with Gasteiger partial charge < -0.3 is 10.1 Å². The molecule has 22 heavy (non-hydrogen) atoms. The average Bonchev–Trinajstić information content (AvgIpc) is 2.57. The Balaban J connectivity index is 2.22. The Labute approximate surface area is 127 Å². The Bertz CT molecular complexity index is 768. The zero-order valence-electron chi connectivity index (χ0n) is 11.5. The zero-order valence-corrected chi connectivity index (χ0v) is 11.5. The second-order valence-corrected chi connectivity index (χ2v) is 4.17. The van der Waals surface area contributed by atoms with Crippen LogP contribution in [0.3, 0.4) is 0 Å². The van der Waals surface area contributed by atoms with E-state index in [1.54, 1.807) is 60.7 Å². The van der Waals surface area contributed by atoms with E-state index in [0.717, 1.165) is 0 Å². The van der Waals surface area contributed by atoms with E-state index in [1.165, 1.54) is 6.20 Å². The van der Waals surface area contributed by atoms with Crippen LogP contribution in [0.5, 0.6) is 5.75 Å². The van der Waals surface area contributed by atoms with Gasteiger partial charge in [0.05, 0.1) is 11.3 Å². The van der Waals surface area contributed by atoms with Gasteiger partial charge >= 0.3 is 5.97 Å². The van der Waals surface area contributed by atoms with Crippen molar-refractivity contribution in [2.24, 2.45) is 0 Å². The van der Waals surface area contributed by atoms with Gasteiger partial charge in [0.25, 0.3) is 0 Å². The third-order valence-electron chi connectivity index (χ3n) is 2.71. The first-order chi connectivity index (χ1) is 10.7. The van der Waals surface area contributed by atoms with Gasteiger partial charge in [-0.05, 0) is 24.3 Å². The first-order valence-corrected chi connectivity index (χ1v) is 6.37. The number of esters is 1. The molecule has 0 aliphatic rings. The van der Waals surface area contributed by atoms with Gasteiger partial charge in [0.1, 0.15) is 23.5 Å². The summed E-state index contributed by atoms with van der Waals surface area (Å²) in [6.45, 7) is 0. The molecule has 2 rings (SSSR count). The number of carbonyl (C=O) groups excluding carboxylic acids is 1. The molecule has 2 aromatic rings. The molecule has 0 unspecified atom stereocenters. The first-order valence-electron chi connectivity index (χ1n) is 6.37. The minimum atomic E-state index is -0.529. The second kappa shape index (κ2) is 7.28. The lowest BCUT2D eigenvalue weighted by molar-refractivity contribution is 0.0736. The minimum Gasteiger partial charge on any atom is -0.423 e. The molecule has 0 aliphatic heterocycles. The number of hydrogen-bond donors (Lipinski definition) is 1. The molecule has 0 atom stereocenters. The number of nitrogens with one attached hydrogen (secondary N) is 1. The molecule has 2 aromatic carbocycles. The molecule has 0 fully saturated rings. The van der Waals surface area contributed by atoms with Crippen LogP contribution in [0.2, 0.25) is 0 Å². The van der Waals surface area contributed by atoms with Crippen LogP contribution in [0.25, 0.3) is 0 Å². The number of carbonyl (C=O) groups is 1. The molecule has 0 aromatic heterocycles. The lowest BCUT2D eigenvalue weighted by Gasteiger charge is -2.09. The Hall–Kier alpha value is -3.57. The van der Waals surface area contributed by atoms with E-state index in [-0.39, 0.29) is 5.57 Å². The van der Waals surface area contributed by atoms with Crippen molar-refractivity contribution in [2.75, 3.05) is 5.32 Å². The molecular formula is C17H11N3O2. The summed E-state index contributed by atoms with van der Waals surface area (Å²) < 4.78 is 5.27. The summed E-state index contributed by atoms with van der Waals surface area (Å²) in [4.78, 5) is 12.2. The van der Waals surface area contributed by atoms with Gasteiger partial charge in [-0.2, -0.15) is 10.5 Å². The van der Waals surface area contributed by atoms with Gasteiger partial charge in [-0.15, -0.1) is 0 Å². The van der Waals surface area contributed by atoms with Crippen molar-refractivity contribution in [1.82, 2.24) is 0 Å². The van der Waals surface area contributed by atoms with Crippen molar-refractivity contribution in [3.05, 3.63) is 71.9 Å². The number of allylic oxidation sites excluding steroid dienone is 1. The Kier molecular flexibility index (Phi) is 4.90. The highest BCUT2D eigenvalue weighted by molar-refractivity contribution is 5.97. The summed E-state index contributed by atoms with van der Waals surface area (Å²) in [7, 11) is 0. The van der Waals surface area contributed by atoms with Crippen LogP contribution >= 0.6 is 0 Å². The highest BCUT2D eigenvalue weighted by Crippen LogP contribution is 2.18. The summed E-state index contributed by atoms with van der Waals surface area (Å²) in [6.07, 6.45) is 1.24. The highest BCUT2D eigenvalue weighted by Gasteiger charge is 2.12. The van der Waals surface area contributed by atoms with Crippen LogP contribution in [-0.4, -0.2) is 5.97 Å². The molecule has 1 N–H and O–H groups in total. The molecule has 106 valence electrons. The number of anilines is 1. The standard InChI is InChI=1S/C17H11N3O2/c18-10-13(11-19)12-20-16-9-5-4-8-15(16)17(21)22-14-6-2-1-3-7-14/h1-9,12,20H. The van der Waals surface area contributed by atoms with E-state index in [4.69, 9.17) is 15.3 Å². The number of nitrogens with zero attached hydrogens (tertiary/aromatic N) is 2. The number of hydrogen-bond acceptors (Lipinski definition) is 5. The van der Waals surface area contributed by atoms with Crippen molar-refractivity contribution in [2.45, 2.75) is 0 Å². The summed E-state index contributed by atoms with van der Waals surface area (Å²) in [5, 5.41) is 20.2. The van der Waals surface area contributed by atoms with E-state index < -0.39 is 5.97 Å². The van der Waals surface area contributed by atoms with Crippen molar-refractivity contribution in [3.63, 3.8) is 0 Å². The largest absolute Gasteiger partial charge is 0.423 e. The number of para-hydroxylation sites is 2. The molecule has 5 heteroatoms. The molecule has 0 radical (unpaired) electrons. The summed E-state index contributed by atoms with van der Waals surface area (Å²) in [5.41, 5.74) is 0.662. The molecule has 0 aliphatic carbocycles. The molecular weight excluding hydrogens is 278 g/mol. The van der Waals surface area contributed by atoms with Crippen molar-refractivity contribution < 1.29 is 9.53 Å². The topological polar surface area (TPSA) is 85.9 Å². The van der Waals surface area contributed by atoms with Gasteiger partial charge in [-0.3, -0.25) is 0 Å². The Morgan fingerprint density at radius 2 is 1.64 bits per heavy atom. The van der Waals surface area contributed by atoms with Gasteiger partial charge in [-0.1, -0.05) is 30.3 Å². The van der Waals surface area contributed by atoms with E-state index in [0.29, 0.717) is 17.0 Å². The molecule has 0 amide bonds. The van der Waals surface area contributed by atoms with E-state index in [9.17, 15) is 4.79 Å². The maximum Gasteiger partial charge on any atom is 0.345 e. The second-order valence-electron chi connectivity index (χ2n) is 4.17. The molecule has 0 spiro atoms. The summed E-state index contributed by atoms with van der Waals surface area (Å²) >= 11 is 0. The summed E-state index contributed by atoms with van der Waals surface area (Å²) in [6, 6.07) is 18.9. The predicted octanol–water partition coefficient (Wildman–Crippen LogP) is 3.25. The van der Waals surface area contributed by atoms with Crippen LogP contribution in [0.1, 0.15) is 10.4 Å². The van der Waals surface area contributed by atoms with Crippen LogP contribution < -0.4 is 10.1 Å². The van der Waals surface area contributed by atoms with Gasteiger partial charge in [0.15, 0.2) is 0 Å². The van der Waals surface area contributed by atoms with Gasteiger partial charge in [-0.25, -0.2) is 4.79 Å². The fourth-order valence-electron chi connectivity index (χ4n) is 1.68. The Morgan fingerprint density at radius 3 is 2.32 bits per heavy atom. The predicted molar refractivity (Wildman–Crippen MR) is 80.8 cm³/mol. The average molecular weight is 289 g/mol. The Morgan fingerprint density at radius 1 is 1.00 bits per heavy atom. The fraction of sp³-hybridized carbons (Fsp3) is 0. The normalized spacial score (nSPS) is 9.00. The number of nitriles is 2. The van der Waals surface area contributed by atoms with Crippen LogP contribution in [0, 0.1) is 22.7 Å². The smallest absolute Gasteiger partial charge is 0.345 e. The SMILES string of the molecule is N#CC(C#N)=CNc1ccccc1C(=O)Oc1ccccc1. The minimum absolute atomic E-state index is 0.0915. The molecule has 0 saturated heterocycles. The summed E-state index contributed by atoms with van der Waals surface area (Å²) in [5.74, 6) is -0.0919. The first kappa shape index (κ1) is 14.8. The van der Waals surface area contributed by atoms with Crippen molar-refractivity contribution in [1.29, 1.82) is 10.5 Å². The maximum absolute atomic E-state index is 12.2. The molecule has 0 saturated carbocycles. The van der Waals surface area contributed by atoms with E-state index in [2.05, 4.69) is 5.32 Å².